The van der Waals surface area contributed by atoms with Gasteiger partial charge in [-0.25, -0.2) is 0 Å². The van der Waals surface area contributed by atoms with E-state index in [1.54, 1.807) is 0 Å². The highest BCUT2D eigenvalue weighted by Gasteiger charge is 2.22. The molecule has 0 bridgehead atoms. The number of aromatic nitrogens is 2. The van der Waals surface area contributed by atoms with Crippen molar-refractivity contribution >= 4 is 27.5 Å². The molecule has 0 saturated carbocycles. The minimum atomic E-state index is -0.113. The maximum atomic E-state index is 4.70. The lowest BCUT2D eigenvalue weighted by molar-refractivity contribution is 0.692. The smallest absolute Gasteiger partial charge is 0.0893 e. The number of benzene rings is 4. The molecule has 0 spiro atoms. The lowest BCUT2D eigenvalue weighted by Gasteiger charge is -2.26. The Morgan fingerprint density at radius 1 is 0.727 bits per heavy atom. The molecule has 7 rings (SSSR count). The van der Waals surface area contributed by atoms with Gasteiger partial charge < -0.3 is 9.88 Å². The zero-order valence-electron chi connectivity index (χ0n) is 24.7. The molecule has 4 aromatic carbocycles. The van der Waals surface area contributed by atoms with Crippen LogP contribution in [0.15, 0.2) is 176 Å². The van der Waals surface area contributed by atoms with Gasteiger partial charge in [0.1, 0.15) is 0 Å². The number of hydrogen-bond acceptors (Lipinski definition) is 2. The Labute approximate surface area is 258 Å². The molecule has 6 aromatic rings. The molecule has 0 radical (unpaired) electrons. The van der Waals surface area contributed by atoms with E-state index in [1.165, 1.54) is 33.0 Å². The van der Waals surface area contributed by atoms with Crippen LogP contribution in [0.2, 0.25) is 0 Å². The Morgan fingerprint density at radius 2 is 1.34 bits per heavy atom. The molecule has 3 heterocycles. The molecule has 1 atom stereocenters. The average molecular weight is 568 g/mol. The van der Waals surface area contributed by atoms with Gasteiger partial charge >= 0.3 is 0 Å². The van der Waals surface area contributed by atoms with Crippen molar-refractivity contribution in [2.45, 2.75) is 13.0 Å². The van der Waals surface area contributed by atoms with Crippen LogP contribution in [0.3, 0.4) is 0 Å². The number of dihydropyridines is 1. The standard InChI is InChI=1S/C41H33N3/c1-3-4-7-14-29(2)38-27-34(28-39(43-38)37-19-12-13-24-42-37)44-40-22-20-32(30-15-8-5-9-16-30)25-35(40)36-26-33(21-23-41(36)44)31-17-10-6-11-18-31/h3-28,39,43H,2H2,1H3/b4-3-,14-7-. The van der Waals surface area contributed by atoms with Crippen LogP contribution in [0.5, 0.6) is 0 Å². The van der Waals surface area contributed by atoms with Gasteiger partial charge in [-0.15, -0.1) is 0 Å². The van der Waals surface area contributed by atoms with Crippen LogP contribution in [0.4, 0.5) is 0 Å². The van der Waals surface area contributed by atoms with Crippen molar-refractivity contribution in [3.05, 3.63) is 181 Å². The van der Waals surface area contributed by atoms with Crippen molar-refractivity contribution in [2.75, 3.05) is 0 Å². The summed E-state index contributed by atoms with van der Waals surface area (Å²) in [5, 5.41) is 6.11. The monoisotopic (exact) mass is 567 g/mol. The predicted molar refractivity (Wildman–Crippen MR) is 186 cm³/mol. The van der Waals surface area contributed by atoms with E-state index in [0.717, 1.165) is 33.7 Å². The quantitative estimate of drug-likeness (QED) is 0.195. The van der Waals surface area contributed by atoms with Gasteiger partial charge in [0.05, 0.1) is 22.8 Å². The molecule has 1 N–H and O–H groups in total. The number of nitrogens with one attached hydrogen (secondary N) is 1. The Morgan fingerprint density at radius 3 is 1.91 bits per heavy atom. The Hall–Kier alpha value is -5.67. The van der Waals surface area contributed by atoms with Crippen LogP contribution in [0, 0.1) is 0 Å². The van der Waals surface area contributed by atoms with Gasteiger partial charge in [0, 0.05) is 28.4 Å². The first-order valence-corrected chi connectivity index (χ1v) is 15.0. The summed E-state index contributed by atoms with van der Waals surface area (Å²) in [6.07, 6.45) is 14.4. The van der Waals surface area contributed by atoms with Crippen LogP contribution in [-0.4, -0.2) is 9.55 Å². The highest BCUT2D eigenvalue weighted by Crippen LogP contribution is 2.39. The summed E-state index contributed by atoms with van der Waals surface area (Å²) in [6, 6.07) is 40.8. The molecule has 0 amide bonds. The van der Waals surface area contributed by atoms with E-state index in [-0.39, 0.29) is 6.04 Å². The molecule has 3 heteroatoms. The molecule has 212 valence electrons. The molecule has 0 saturated heterocycles. The molecule has 0 aliphatic carbocycles. The Bertz CT molecular complexity index is 2000. The van der Waals surface area contributed by atoms with Gasteiger partial charge in [-0.1, -0.05) is 110 Å². The van der Waals surface area contributed by atoms with Crippen LogP contribution in [0.1, 0.15) is 18.7 Å². The number of nitrogens with zero attached hydrogens (tertiary/aromatic N) is 2. The lowest BCUT2D eigenvalue weighted by atomic mass is 10.0. The molecule has 2 aromatic heterocycles. The molecule has 44 heavy (non-hydrogen) atoms. The number of pyridine rings is 1. The first kappa shape index (κ1) is 27.2. The van der Waals surface area contributed by atoms with Crippen LogP contribution in [0.25, 0.3) is 49.8 Å². The second kappa shape index (κ2) is 11.9. The molecule has 0 fully saturated rings. The largest absolute Gasteiger partial charge is 0.373 e. The predicted octanol–water partition coefficient (Wildman–Crippen LogP) is 10.3. The van der Waals surface area contributed by atoms with E-state index < -0.39 is 0 Å². The van der Waals surface area contributed by atoms with Crippen LogP contribution in [-0.2, 0) is 0 Å². The van der Waals surface area contributed by atoms with Gasteiger partial charge in [-0.05, 0) is 83.3 Å². The summed E-state index contributed by atoms with van der Waals surface area (Å²) in [7, 11) is 0. The van der Waals surface area contributed by atoms with Gasteiger partial charge in [0.25, 0.3) is 0 Å². The second-order valence-corrected chi connectivity index (χ2v) is 11.0. The van der Waals surface area contributed by atoms with Gasteiger partial charge in [-0.3, -0.25) is 4.98 Å². The van der Waals surface area contributed by atoms with Gasteiger partial charge in [-0.2, -0.15) is 0 Å². The summed E-state index contributed by atoms with van der Waals surface area (Å²) < 4.78 is 2.38. The highest BCUT2D eigenvalue weighted by atomic mass is 15.0. The first-order valence-electron chi connectivity index (χ1n) is 15.0. The molecule has 3 nitrogen and oxygen atoms in total. The zero-order chi connectivity index (χ0) is 29.9. The summed E-state index contributed by atoms with van der Waals surface area (Å²) in [5.74, 6) is 0. The molecular weight excluding hydrogens is 534 g/mol. The van der Waals surface area contributed by atoms with E-state index in [9.17, 15) is 0 Å². The lowest BCUT2D eigenvalue weighted by Crippen LogP contribution is -2.24. The summed E-state index contributed by atoms with van der Waals surface area (Å²) in [4.78, 5) is 4.70. The maximum Gasteiger partial charge on any atom is 0.0893 e. The third-order valence-electron chi connectivity index (χ3n) is 8.13. The van der Waals surface area contributed by atoms with Gasteiger partial charge in [0.2, 0.25) is 0 Å². The fourth-order valence-corrected chi connectivity index (χ4v) is 5.96. The van der Waals surface area contributed by atoms with Crippen molar-refractivity contribution in [1.82, 2.24) is 14.9 Å². The fraction of sp³-hybridized carbons (Fsp3) is 0.0488. The minimum Gasteiger partial charge on any atom is -0.373 e. The molecule has 1 unspecified atom stereocenters. The average Bonchev–Trinajstić information content (AvgIpc) is 3.42. The summed E-state index contributed by atoms with van der Waals surface area (Å²) in [6.45, 7) is 6.41. The minimum absolute atomic E-state index is 0.113. The summed E-state index contributed by atoms with van der Waals surface area (Å²) >= 11 is 0. The first-order chi connectivity index (χ1) is 21.7. The van der Waals surface area contributed by atoms with Gasteiger partial charge in [0.15, 0.2) is 0 Å². The van der Waals surface area contributed by atoms with E-state index >= 15 is 0 Å². The van der Waals surface area contributed by atoms with Crippen molar-refractivity contribution in [1.29, 1.82) is 0 Å². The third-order valence-corrected chi connectivity index (χ3v) is 8.13. The molecule has 1 aliphatic heterocycles. The van der Waals surface area contributed by atoms with Crippen LogP contribution >= 0.6 is 0 Å². The number of hydrogen-bond donors (Lipinski definition) is 1. The maximum absolute atomic E-state index is 4.70. The summed E-state index contributed by atoms with van der Waals surface area (Å²) in [5.41, 5.74) is 11.0. The molecular formula is C41H33N3. The van der Waals surface area contributed by atoms with E-state index in [1.807, 2.05) is 49.6 Å². The second-order valence-electron chi connectivity index (χ2n) is 11.0. The fourth-order valence-electron chi connectivity index (χ4n) is 5.96. The molecule has 1 aliphatic rings. The SMILES string of the molecule is C=C(/C=C\C=C/C)C1=CC(n2c3ccc(-c4ccccc4)cc3c3cc(-c4ccccc4)ccc32)=CC(c2ccccn2)N1. The van der Waals surface area contributed by atoms with E-state index in [4.69, 9.17) is 4.98 Å². The number of rotatable bonds is 7. The van der Waals surface area contributed by atoms with Crippen molar-refractivity contribution < 1.29 is 0 Å². The van der Waals surface area contributed by atoms with Crippen molar-refractivity contribution in [3.63, 3.8) is 0 Å². The van der Waals surface area contributed by atoms with Crippen molar-refractivity contribution in [2.24, 2.45) is 0 Å². The van der Waals surface area contributed by atoms with E-state index in [0.29, 0.717) is 0 Å². The third kappa shape index (κ3) is 5.21. The van der Waals surface area contributed by atoms with Crippen LogP contribution < -0.4 is 5.32 Å². The highest BCUT2D eigenvalue weighted by molar-refractivity contribution is 6.12. The normalized spacial score (nSPS) is 15.1. The zero-order valence-corrected chi connectivity index (χ0v) is 24.7. The van der Waals surface area contributed by atoms with Crippen molar-refractivity contribution in [3.8, 4) is 22.3 Å². The Balaban J connectivity index is 1.46. The topological polar surface area (TPSA) is 29.9 Å². The Kier molecular flexibility index (Phi) is 7.35. The number of allylic oxidation sites excluding steroid dienone is 6. The number of fused-ring (bicyclic) bond motifs is 3. The van der Waals surface area contributed by atoms with E-state index in [2.05, 4.69) is 132 Å².